The monoisotopic (exact) mass is 451 g/mol. The zero-order valence-electron chi connectivity index (χ0n) is 16.9. The van der Waals surface area contributed by atoms with Gasteiger partial charge in [0.05, 0.1) is 5.69 Å². The fraction of sp³-hybridized carbons (Fsp3) is 0.409. The van der Waals surface area contributed by atoms with E-state index in [9.17, 15) is 9.90 Å². The fourth-order valence-corrected chi connectivity index (χ4v) is 3.77. The Morgan fingerprint density at radius 3 is 2.50 bits per heavy atom. The molecule has 1 unspecified atom stereocenters. The number of anilines is 2. The van der Waals surface area contributed by atoms with Crippen LogP contribution in [0.2, 0.25) is 10.0 Å². The van der Waals surface area contributed by atoms with Gasteiger partial charge in [0.15, 0.2) is 0 Å². The summed E-state index contributed by atoms with van der Waals surface area (Å²) >= 11 is 12.0. The van der Waals surface area contributed by atoms with E-state index >= 15 is 0 Å². The van der Waals surface area contributed by atoms with Crippen LogP contribution in [0.15, 0.2) is 42.5 Å². The molecule has 1 aliphatic rings. The number of likely N-dealkylation sites (tertiary alicyclic amines) is 1. The van der Waals surface area contributed by atoms with Crippen LogP contribution >= 0.6 is 23.2 Å². The number of nitrogens with zero attached hydrogens (tertiary/aromatic N) is 1. The summed E-state index contributed by atoms with van der Waals surface area (Å²) in [7, 11) is 0. The number of aliphatic hydroxyl groups excluding tert-OH is 1. The minimum Gasteiger partial charge on any atom is -0.489 e. The number of aliphatic hydroxyl groups is 1. The third-order valence-electron chi connectivity index (χ3n) is 4.96. The third kappa shape index (κ3) is 7.06. The van der Waals surface area contributed by atoms with E-state index in [-0.39, 0.29) is 12.5 Å². The van der Waals surface area contributed by atoms with Gasteiger partial charge in [-0.25, -0.2) is 0 Å². The quantitative estimate of drug-likeness (QED) is 0.558. The molecule has 6 nitrogen and oxygen atoms in total. The van der Waals surface area contributed by atoms with Crippen molar-refractivity contribution in [1.82, 2.24) is 4.90 Å². The molecular formula is C22H27Cl2N3O3. The van der Waals surface area contributed by atoms with E-state index < -0.39 is 6.10 Å². The summed E-state index contributed by atoms with van der Waals surface area (Å²) < 4.78 is 5.73. The van der Waals surface area contributed by atoms with Gasteiger partial charge in [-0.2, -0.15) is 0 Å². The average Bonchev–Trinajstić information content (AvgIpc) is 2.71. The molecule has 162 valence electrons. The van der Waals surface area contributed by atoms with Gasteiger partial charge in [0.1, 0.15) is 18.5 Å². The van der Waals surface area contributed by atoms with Crippen LogP contribution in [0.4, 0.5) is 11.4 Å². The number of ether oxygens (including phenoxy) is 1. The van der Waals surface area contributed by atoms with Crippen LogP contribution in [0, 0.1) is 0 Å². The average molecular weight is 452 g/mol. The van der Waals surface area contributed by atoms with E-state index in [1.165, 1.54) is 6.92 Å². The zero-order chi connectivity index (χ0) is 21.5. The normalized spacial score (nSPS) is 16.1. The van der Waals surface area contributed by atoms with E-state index in [1.54, 1.807) is 18.2 Å². The van der Waals surface area contributed by atoms with Crippen molar-refractivity contribution in [2.45, 2.75) is 31.9 Å². The second-order valence-corrected chi connectivity index (χ2v) is 8.39. The molecule has 3 N–H and O–H groups in total. The minimum atomic E-state index is -0.644. The SMILES string of the molecule is CC(=O)Nc1ccc(Cl)cc1OCC(O)CN1CCC(Nc2ccc(Cl)cc2)CC1. The minimum absolute atomic E-state index is 0.121. The molecule has 0 aromatic heterocycles. The van der Waals surface area contributed by atoms with Crippen LogP contribution in [-0.2, 0) is 4.79 Å². The lowest BCUT2D eigenvalue weighted by molar-refractivity contribution is -0.114. The van der Waals surface area contributed by atoms with Crippen molar-refractivity contribution in [2.75, 3.05) is 36.9 Å². The van der Waals surface area contributed by atoms with E-state index in [4.69, 9.17) is 27.9 Å². The number of halogens is 2. The molecule has 30 heavy (non-hydrogen) atoms. The molecule has 0 saturated carbocycles. The van der Waals surface area contributed by atoms with Crippen LogP contribution in [0.5, 0.6) is 5.75 Å². The van der Waals surface area contributed by atoms with Crippen molar-refractivity contribution in [3.8, 4) is 5.75 Å². The number of hydrogen-bond acceptors (Lipinski definition) is 5. The van der Waals surface area contributed by atoms with E-state index in [0.717, 1.165) is 36.6 Å². The predicted molar refractivity (Wildman–Crippen MR) is 122 cm³/mol. The van der Waals surface area contributed by atoms with E-state index in [0.29, 0.717) is 29.0 Å². The molecule has 0 bridgehead atoms. The largest absolute Gasteiger partial charge is 0.489 e. The summed E-state index contributed by atoms with van der Waals surface area (Å²) in [6.45, 7) is 3.88. The first-order chi connectivity index (χ1) is 14.4. The highest BCUT2D eigenvalue weighted by Gasteiger charge is 2.21. The van der Waals surface area contributed by atoms with Crippen molar-refractivity contribution in [2.24, 2.45) is 0 Å². The number of benzene rings is 2. The van der Waals surface area contributed by atoms with Gasteiger partial charge >= 0.3 is 0 Å². The first-order valence-electron chi connectivity index (χ1n) is 10.0. The molecule has 1 atom stereocenters. The number of rotatable bonds is 8. The van der Waals surface area contributed by atoms with Crippen LogP contribution < -0.4 is 15.4 Å². The number of β-amino-alcohol motifs (C(OH)–C–C–N with tert-alkyl or cyclic N) is 1. The molecular weight excluding hydrogens is 425 g/mol. The highest BCUT2D eigenvalue weighted by molar-refractivity contribution is 6.31. The number of amides is 1. The van der Waals surface area contributed by atoms with Gasteiger partial charge in [0.2, 0.25) is 5.91 Å². The molecule has 0 aliphatic carbocycles. The summed E-state index contributed by atoms with van der Waals surface area (Å²) in [6, 6.07) is 13.1. The van der Waals surface area contributed by atoms with Gasteiger partial charge in [-0.3, -0.25) is 4.79 Å². The van der Waals surface area contributed by atoms with E-state index in [1.807, 2.05) is 24.3 Å². The molecule has 0 spiro atoms. The molecule has 8 heteroatoms. The van der Waals surface area contributed by atoms with Gasteiger partial charge in [-0.15, -0.1) is 0 Å². The molecule has 0 radical (unpaired) electrons. The second-order valence-electron chi connectivity index (χ2n) is 7.51. The van der Waals surface area contributed by atoms with Crippen LogP contribution in [0.3, 0.4) is 0 Å². The van der Waals surface area contributed by atoms with Crippen molar-refractivity contribution in [3.63, 3.8) is 0 Å². The Morgan fingerprint density at radius 2 is 1.83 bits per heavy atom. The number of carbonyl (C=O) groups is 1. The Kier molecular flexibility index (Phi) is 8.22. The molecule has 2 aromatic carbocycles. The maximum atomic E-state index is 11.3. The van der Waals surface area contributed by atoms with Crippen molar-refractivity contribution in [1.29, 1.82) is 0 Å². The Balaban J connectivity index is 1.43. The number of nitrogens with one attached hydrogen (secondary N) is 2. The molecule has 1 saturated heterocycles. The standard InChI is InChI=1S/C22H27Cl2N3O3/c1-15(28)25-21-7-4-17(24)12-22(21)30-14-20(29)13-27-10-8-19(9-11-27)26-18-5-2-16(23)3-6-18/h2-7,12,19-20,26,29H,8-11,13-14H2,1H3,(H,25,28). The molecule has 1 aliphatic heterocycles. The molecule has 1 amide bonds. The summed E-state index contributed by atoms with van der Waals surface area (Å²) in [6.07, 6.45) is 1.35. The lowest BCUT2D eigenvalue weighted by Gasteiger charge is -2.34. The zero-order valence-corrected chi connectivity index (χ0v) is 18.4. The molecule has 1 heterocycles. The Labute approximate surface area is 187 Å². The van der Waals surface area contributed by atoms with Crippen molar-refractivity contribution in [3.05, 3.63) is 52.5 Å². The Hall–Kier alpha value is -1.99. The van der Waals surface area contributed by atoms with E-state index in [2.05, 4.69) is 15.5 Å². The lowest BCUT2D eigenvalue weighted by atomic mass is 10.0. The third-order valence-corrected chi connectivity index (χ3v) is 5.44. The lowest BCUT2D eigenvalue weighted by Crippen LogP contribution is -2.43. The van der Waals surface area contributed by atoms with Crippen LogP contribution in [0.1, 0.15) is 19.8 Å². The fourth-order valence-electron chi connectivity index (χ4n) is 3.49. The number of piperidine rings is 1. The Bertz CT molecular complexity index is 840. The topological polar surface area (TPSA) is 73.8 Å². The predicted octanol–water partition coefficient (Wildman–Crippen LogP) is 4.27. The number of hydrogen-bond donors (Lipinski definition) is 3. The summed E-state index contributed by atoms with van der Waals surface area (Å²) in [5.74, 6) is 0.250. The maximum absolute atomic E-state index is 11.3. The summed E-state index contributed by atoms with van der Waals surface area (Å²) in [4.78, 5) is 13.6. The van der Waals surface area contributed by atoms with Gasteiger partial charge < -0.3 is 25.4 Å². The first kappa shape index (κ1) is 22.7. The maximum Gasteiger partial charge on any atom is 0.221 e. The van der Waals surface area contributed by atoms with Crippen LogP contribution in [0.25, 0.3) is 0 Å². The molecule has 2 aromatic rings. The highest BCUT2D eigenvalue weighted by atomic mass is 35.5. The van der Waals surface area contributed by atoms with Gasteiger partial charge in [-0.1, -0.05) is 23.2 Å². The summed E-state index contributed by atoms with van der Waals surface area (Å²) in [5, 5.41) is 17.9. The first-order valence-corrected chi connectivity index (χ1v) is 10.8. The Morgan fingerprint density at radius 1 is 1.17 bits per heavy atom. The van der Waals surface area contributed by atoms with Gasteiger partial charge in [0.25, 0.3) is 0 Å². The molecule has 1 fully saturated rings. The second kappa shape index (κ2) is 10.9. The molecule has 3 rings (SSSR count). The van der Waals surface area contributed by atoms with Crippen LogP contribution in [-0.4, -0.2) is 54.3 Å². The van der Waals surface area contributed by atoms with Gasteiger partial charge in [0, 0.05) is 54.4 Å². The van der Waals surface area contributed by atoms with Crippen molar-refractivity contribution < 1.29 is 14.6 Å². The van der Waals surface area contributed by atoms with Crippen molar-refractivity contribution >= 4 is 40.5 Å². The number of carbonyl (C=O) groups excluding carboxylic acids is 1. The highest BCUT2D eigenvalue weighted by Crippen LogP contribution is 2.28. The summed E-state index contributed by atoms with van der Waals surface area (Å²) in [5.41, 5.74) is 1.61. The van der Waals surface area contributed by atoms with Gasteiger partial charge in [-0.05, 0) is 49.2 Å². The smallest absolute Gasteiger partial charge is 0.221 e.